The third-order valence-electron chi connectivity index (χ3n) is 11.3. The van der Waals surface area contributed by atoms with E-state index in [2.05, 4.69) is 68.6 Å². The van der Waals surface area contributed by atoms with E-state index in [0.717, 1.165) is 37.5 Å². The van der Waals surface area contributed by atoms with Crippen molar-refractivity contribution < 1.29 is 24.2 Å². The number of esters is 2. The monoisotopic (exact) mass is 670 g/mol. The van der Waals surface area contributed by atoms with Gasteiger partial charge in [0.15, 0.2) is 0 Å². The maximum absolute atomic E-state index is 11.9. The number of aliphatic hydroxyl groups excluding tert-OH is 1. The van der Waals surface area contributed by atoms with Crippen LogP contribution in [0.5, 0.6) is 0 Å². The Hall–Kier alpha value is -3.18. The molecule has 2 fully saturated rings. The molecule has 0 saturated heterocycles. The van der Waals surface area contributed by atoms with Crippen molar-refractivity contribution in [1.29, 1.82) is 0 Å². The lowest BCUT2D eigenvalue weighted by Gasteiger charge is -2.34. The number of carbonyl (C=O) groups excluding carboxylic acids is 2. The molecule has 2 aliphatic rings. The van der Waals surface area contributed by atoms with E-state index in [1.165, 1.54) is 99.3 Å². The smallest absolute Gasteiger partial charge is 0.335 e. The van der Waals surface area contributed by atoms with Gasteiger partial charge in [0.2, 0.25) is 0 Å². The van der Waals surface area contributed by atoms with Gasteiger partial charge in [0, 0.05) is 5.57 Å². The summed E-state index contributed by atoms with van der Waals surface area (Å²) >= 11 is 0. The van der Waals surface area contributed by atoms with Crippen LogP contribution in [0.4, 0.5) is 0 Å². The summed E-state index contributed by atoms with van der Waals surface area (Å²) in [5.41, 5.74) is 6.06. The Morgan fingerprint density at radius 2 is 1.20 bits per heavy atom. The Morgan fingerprint density at radius 1 is 0.714 bits per heavy atom. The van der Waals surface area contributed by atoms with Gasteiger partial charge in [-0.1, -0.05) is 94.3 Å². The van der Waals surface area contributed by atoms with Crippen LogP contribution in [-0.4, -0.2) is 36.9 Å². The van der Waals surface area contributed by atoms with E-state index in [-0.39, 0.29) is 18.1 Å². The molecule has 1 atom stereocenters. The molecular weight excluding hydrogens is 608 g/mol. The predicted octanol–water partition coefficient (Wildman–Crippen LogP) is 10.9. The fraction of sp³-hybridized carbons (Fsp3) is 0.591. The number of rotatable bonds is 19. The van der Waals surface area contributed by atoms with Gasteiger partial charge in [-0.2, -0.15) is 0 Å². The molecule has 2 aromatic rings. The SMILES string of the molecule is C=C(C)C(=O)OCCCC(CCCOC(=O)C(=C)CO)C1CCC(c2ccc(-c3ccc(C4CCC(CCCCC)CC4)cc3)cc2)CC1. The van der Waals surface area contributed by atoms with Gasteiger partial charge in [-0.3, -0.25) is 0 Å². The average Bonchev–Trinajstić information content (AvgIpc) is 3.14. The van der Waals surface area contributed by atoms with Gasteiger partial charge >= 0.3 is 11.9 Å². The van der Waals surface area contributed by atoms with Crippen LogP contribution >= 0.6 is 0 Å². The van der Waals surface area contributed by atoms with Crippen molar-refractivity contribution in [1.82, 2.24) is 0 Å². The molecule has 0 aliphatic heterocycles. The Morgan fingerprint density at radius 3 is 1.67 bits per heavy atom. The third kappa shape index (κ3) is 12.3. The van der Waals surface area contributed by atoms with Gasteiger partial charge in [-0.25, -0.2) is 9.59 Å². The molecule has 0 heterocycles. The first kappa shape index (κ1) is 38.6. The molecule has 49 heavy (non-hydrogen) atoms. The standard InChI is InChI=1S/C44H62O5/c1-5-6-7-10-34-13-15-36(16-14-34)38-21-23-40(24-22-38)42-27-25-41(26-28-42)39-19-17-37(18-20-39)35(11-8-29-48-43(46)32(2)3)12-9-30-49-44(47)33(4)31-45/h21-28,34-37,39,45H,2,4-20,29-31H2,1,3H3. The average molecular weight is 671 g/mol. The highest BCUT2D eigenvalue weighted by molar-refractivity contribution is 5.88. The van der Waals surface area contributed by atoms with Crippen LogP contribution in [-0.2, 0) is 19.1 Å². The highest BCUT2D eigenvalue weighted by atomic mass is 16.5. The van der Waals surface area contributed by atoms with E-state index >= 15 is 0 Å². The first-order valence-corrected chi connectivity index (χ1v) is 19.3. The van der Waals surface area contributed by atoms with Crippen LogP contribution in [0.25, 0.3) is 11.1 Å². The molecule has 4 rings (SSSR count). The van der Waals surface area contributed by atoms with E-state index in [9.17, 15) is 9.59 Å². The Kier molecular flexibility index (Phi) is 16.1. The highest BCUT2D eigenvalue weighted by Crippen LogP contribution is 2.42. The maximum Gasteiger partial charge on any atom is 0.335 e. The van der Waals surface area contributed by atoms with E-state index in [1.54, 1.807) is 6.92 Å². The molecule has 2 saturated carbocycles. The van der Waals surface area contributed by atoms with E-state index in [1.807, 2.05) is 0 Å². The molecule has 268 valence electrons. The van der Waals surface area contributed by atoms with Crippen molar-refractivity contribution in [2.45, 2.75) is 128 Å². The number of aliphatic hydroxyl groups is 1. The molecule has 0 radical (unpaired) electrons. The van der Waals surface area contributed by atoms with Crippen LogP contribution in [0.15, 0.2) is 72.8 Å². The molecule has 0 amide bonds. The fourth-order valence-corrected chi connectivity index (χ4v) is 8.21. The van der Waals surface area contributed by atoms with Gasteiger partial charge in [-0.15, -0.1) is 0 Å². The lowest BCUT2D eigenvalue weighted by molar-refractivity contribution is -0.140. The van der Waals surface area contributed by atoms with Crippen LogP contribution in [0, 0.1) is 17.8 Å². The maximum atomic E-state index is 11.9. The summed E-state index contributed by atoms with van der Waals surface area (Å²) in [4.78, 5) is 23.7. The topological polar surface area (TPSA) is 72.8 Å². The van der Waals surface area contributed by atoms with Gasteiger partial charge in [0.1, 0.15) is 0 Å². The van der Waals surface area contributed by atoms with Crippen molar-refractivity contribution in [3.8, 4) is 11.1 Å². The molecule has 5 nitrogen and oxygen atoms in total. The third-order valence-corrected chi connectivity index (χ3v) is 11.3. The highest BCUT2D eigenvalue weighted by Gasteiger charge is 2.28. The number of hydrogen-bond donors (Lipinski definition) is 1. The van der Waals surface area contributed by atoms with Crippen LogP contribution in [0.3, 0.4) is 0 Å². The van der Waals surface area contributed by atoms with E-state index < -0.39 is 5.97 Å². The quantitative estimate of drug-likeness (QED) is 0.0915. The summed E-state index contributed by atoms with van der Waals surface area (Å²) in [5.74, 6) is 2.47. The summed E-state index contributed by atoms with van der Waals surface area (Å²) < 4.78 is 10.7. The summed E-state index contributed by atoms with van der Waals surface area (Å²) in [5, 5.41) is 9.12. The molecule has 2 aliphatic carbocycles. The molecule has 5 heteroatoms. The zero-order chi connectivity index (χ0) is 35.0. The largest absolute Gasteiger partial charge is 0.462 e. The molecule has 0 bridgehead atoms. The summed E-state index contributed by atoms with van der Waals surface area (Å²) in [7, 11) is 0. The minimum Gasteiger partial charge on any atom is -0.462 e. The van der Waals surface area contributed by atoms with Crippen LogP contribution in [0.2, 0.25) is 0 Å². The van der Waals surface area contributed by atoms with Crippen molar-refractivity contribution >= 4 is 11.9 Å². The zero-order valence-electron chi connectivity index (χ0n) is 30.4. The summed E-state index contributed by atoms with van der Waals surface area (Å²) in [6.07, 6.45) is 19.2. The minimum absolute atomic E-state index is 0.0841. The molecule has 1 N–H and O–H groups in total. The number of carbonyl (C=O) groups is 2. The van der Waals surface area contributed by atoms with Crippen LogP contribution in [0.1, 0.15) is 140 Å². The fourth-order valence-electron chi connectivity index (χ4n) is 8.21. The number of benzene rings is 2. The first-order valence-electron chi connectivity index (χ1n) is 19.3. The van der Waals surface area contributed by atoms with Crippen molar-refractivity contribution in [3.63, 3.8) is 0 Å². The predicted molar refractivity (Wildman–Crippen MR) is 200 cm³/mol. The van der Waals surface area contributed by atoms with Gasteiger partial charge < -0.3 is 14.6 Å². The Bertz CT molecular complexity index is 1310. The van der Waals surface area contributed by atoms with Crippen molar-refractivity contribution in [2.75, 3.05) is 19.8 Å². The number of ether oxygens (including phenoxy) is 2. The Balaban J connectivity index is 1.25. The second-order valence-corrected chi connectivity index (χ2v) is 14.9. The first-order chi connectivity index (χ1) is 23.8. The summed E-state index contributed by atoms with van der Waals surface area (Å²) in [6, 6.07) is 18.7. The van der Waals surface area contributed by atoms with Gasteiger partial charge in [0.25, 0.3) is 0 Å². The van der Waals surface area contributed by atoms with Gasteiger partial charge in [0.05, 0.1) is 25.4 Å². The molecule has 1 unspecified atom stereocenters. The normalized spacial score (nSPS) is 21.4. The molecule has 0 aromatic heterocycles. The van der Waals surface area contributed by atoms with E-state index in [4.69, 9.17) is 14.6 Å². The Labute approximate surface area is 296 Å². The molecular formula is C44H62O5. The second kappa shape index (κ2) is 20.5. The molecule has 0 spiro atoms. The van der Waals surface area contributed by atoms with Gasteiger partial charge in [-0.05, 0) is 136 Å². The number of unbranched alkanes of at least 4 members (excludes halogenated alkanes) is 2. The lowest BCUT2D eigenvalue weighted by Crippen LogP contribution is -2.22. The minimum atomic E-state index is -0.528. The summed E-state index contributed by atoms with van der Waals surface area (Å²) in [6.45, 7) is 11.5. The number of hydrogen-bond acceptors (Lipinski definition) is 5. The second-order valence-electron chi connectivity index (χ2n) is 14.9. The zero-order valence-corrected chi connectivity index (χ0v) is 30.4. The van der Waals surface area contributed by atoms with E-state index in [0.29, 0.717) is 36.5 Å². The molecule has 2 aromatic carbocycles. The van der Waals surface area contributed by atoms with Crippen LogP contribution < -0.4 is 0 Å². The van der Waals surface area contributed by atoms with Crippen molar-refractivity contribution in [2.24, 2.45) is 17.8 Å². The van der Waals surface area contributed by atoms with Crippen molar-refractivity contribution in [3.05, 3.63) is 84.0 Å². The lowest BCUT2D eigenvalue weighted by atomic mass is 9.71.